The molecule has 1 atom stereocenters. The minimum atomic E-state index is -0.397. The number of hydrogen-bond donors (Lipinski definition) is 2. The highest BCUT2D eigenvalue weighted by atomic mass is 16.1. The van der Waals surface area contributed by atoms with E-state index in [9.17, 15) is 4.79 Å². The maximum absolute atomic E-state index is 11.0. The van der Waals surface area contributed by atoms with Crippen LogP contribution < -0.4 is 11.1 Å². The van der Waals surface area contributed by atoms with Gasteiger partial charge in [-0.05, 0) is 30.7 Å². The van der Waals surface area contributed by atoms with Crippen molar-refractivity contribution in [3.8, 4) is 0 Å². The van der Waals surface area contributed by atoms with Crippen molar-refractivity contribution >= 4 is 5.91 Å². The molecule has 0 aliphatic rings. The van der Waals surface area contributed by atoms with Gasteiger partial charge in [0, 0.05) is 30.5 Å². The minimum absolute atomic E-state index is 0.315. The largest absolute Gasteiger partial charge is 0.366 e. The van der Waals surface area contributed by atoms with Gasteiger partial charge in [0.1, 0.15) is 0 Å². The molecule has 100 valence electrons. The van der Waals surface area contributed by atoms with E-state index in [4.69, 9.17) is 5.73 Å². The second-order valence-corrected chi connectivity index (χ2v) is 4.57. The Balaban J connectivity index is 1.83. The molecule has 1 heterocycles. The predicted octanol–water partition coefficient (Wildman–Crippen LogP) is 1.16. The first-order valence-corrected chi connectivity index (χ1v) is 6.24. The van der Waals surface area contributed by atoms with Crippen molar-refractivity contribution in [2.45, 2.75) is 26.1 Å². The highest BCUT2D eigenvalue weighted by molar-refractivity contribution is 5.92. The molecule has 1 aromatic heterocycles. The maximum atomic E-state index is 11.0. The van der Waals surface area contributed by atoms with Crippen LogP contribution >= 0.6 is 0 Å². The molecular weight excluding hydrogens is 240 g/mol. The Bertz CT molecular complexity index is 519. The predicted molar refractivity (Wildman–Crippen MR) is 73.5 cm³/mol. The van der Waals surface area contributed by atoms with E-state index in [1.807, 2.05) is 29.1 Å². The molecule has 0 aliphatic heterocycles. The van der Waals surface area contributed by atoms with Crippen molar-refractivity contribution in [2.24, 2.45) is 5.73 Å². The van der Waals surface area contributed by atoms with Crippen molar-refractivity contribution in [1.82, 2.24) is 15.1 Å². The number of nitrogens with zero attached hydrogens (tertiary/aromatic N) is 2. The Morgan fingerprint density at radius 2 is 2.16 bits per heavy atom. The topological polar surface area (TPSA) is 72.9 Å². The number of carbonyl (C=O) groups is 1. The van der Waals surface area contributed by atoms with Crippen molar-refractivity contribution < 1.29 is 4.79 Å². The molecule has 5 nitrogen and oxygen atoms in total. The lowest BCUT2D eigenvalue weighted by atomic mass is 10.1. The zero-order valence-electron chi connectivity index (χ0n) is 10.9. The van der Waals surface area contributed by atoms with Gasteiger partial charge in [-0.2, -0.15) is 5.10 Å². The van der Waals surface area contributed by atoms with Gasteiger partial charge in [-0.25, -0.2) is 0 Å². The first-order chi connectivity index (χ1) is 9.15. The van der Waals surface area contributed by atoms with Gasteiger partial charge in [0.2, 0.25) is 5.91 Å². The number of primary amides is 1. The number of nitrogens with two attached hydrogens (primary N) is 1. The zero-order chi connectivity index (χ0) is 13.7. The monoisotopic (exact) mass is 258 g/mol. The maximum Gasteiger partial charge on any atom is 0.248 e. The Kier molecular flexibility index (Phi) is 4.30. The summed E-state index contributed by atoms with van der Waals surface area (Å²) in [5.74, 6) is -0.397. The van der Waals surface area contributed by atoms with Crippen LogP contribution in [0, 0.1) is 0 Å². The average molecular weight is 258 g/mol. The molecule has 0 aliphatic carbocycles. The summed E-state index contributed by atoms with van der Waals surface area (Å²) in [6, 6.07) is 9.54. The molecule has 5 heteroatoms. The van der Waals surface area contributed by atoms with E-state index in [1.54, 1.807) is 18.3 Å². The van der Waals surface area contributed by atoms with Gasteiger partial charge in [0.05, 0.1) is 6.54 Å². The van der Waals surface area contributed by atoms with Crippen LogP contribution in [0.15, 0.2) is 42.7 Å². The van der Waals surface area contributed by atoms with E-state index >= 15 is 0 Å². The average Bonchev–Trinajstić information content (AvgIpc) is 2.89. The summed E-state index contributed by atoms with van der Waals surface area (Å²) in [4.78, 5) is 11.0. The van der Waals surface area contributed by atoms with Crippen LogP contribution in [0.4, 0.5) is 0 Å². The van der Waals surface area contributed by atoms with E-state index < -0.39 is 5.91 Å². The highest BCUT2D eigenvalue weighted by Gasteiger charge is 2.04. The van der Waals surface area contributed by atoms with E-state index in [0.29, 0.717) is 11.6 Å². The van der Waals surface area contributed by atoms with Gasteiger partial charge in [-0.3, -0.25) is 9.48 Å². The molecule has 1 unspecified atom stereocenters. The molecule has 3 N–H and O–H groups in total. The molecule has 1 aromatic carbocycles. The molecule has 0 saturated carbocycles. The third-order valence-electron chi connectivity index (χ3n) is 2.91. The van der Waals surface area contributed by atoms with Crippen LogP contribution in [0.1, 0.15) is 22.8 Å². The van der Waals surface area contributed by atoms with Crippen molar-refractivity contribution in [3.63, 3.8) is 0 Å². The van der Waals surface area contributed by atoms with E-state index in [2.05, 4.69) is 17.3 Å². The summed E-state index contributed by atoms with van der Waals surface area (Å²) < 4.78 is 1.90. The molecule has 0 radical (unpaired) electrons. The SMILES string of the molecule is CC(Cn1cccn1)NCc1ccc(C(N)=O)cc1. The van der Waals surface area contributed by atoms with E-state index in [1.165, 1.54) is 0 Å². The van der Waals surface area contributed by atoms with E-state index in [0.717, 1.165) is 18.7 Å². The normalized spacial score (nSPS) is 12.3. The third-order valence-corrected chi connectivity index (χ3v) is 2.91. The molecule has 0 bridgehead atoms. The molecule has 0 fully saturated rings. The number of hydrogen-bond acceptors (Lipinski definition) is 3. The molecule has 2 aromatic rings. The van der Waals surface area contributed by atoms with E-state index in [-0.39, 0.29) is 0 Å². The summed E-state index contributed by atoms with van der Waals surface area (Å²) in [5.41, 5.74) is 6.86. The number of benzene rings is 1. The third kappa shape index (κ3) is 3.93. The Hall–Kier alpha value is -2.14. The second-order valence-electron chi connectivity index (χ2n) is 4.57. The minimum Gasteiger partial charge on any atom is -0.366 e. The fourth-order valence-electron chi connectivity index (χ4n) is 1.83. The smallest absolute Gasteiger partial charge is 0.248 e. The second kappa shape index (κ2) is 6.15. The zero-order valence-corrected chi connectivity index (χ0v) is 10.9. The van der Waals surface area contributed by atoms with Gasteiger partial charge < -0.3 is 11.1 Å². The summed E-state index contributed by atoms with van der Waals surface area (Å²) in [7, 11) is 0. The van der Waals surface area contributed by atoms with Crippen LogP contribution in [0.3, 0.4) is 0 Å². The first kappa shape index (κ1) is 13.3. The quantitative estimate of drug-likeness (QED) is 0.816. The number of amides is 1. The van der Waals surface area contributed by atoms with Crippen LogP contribution in [-0.4, -0.2) is 21.7 Å². The summed E-state index contributed by atoms with van der Waals surface area (Å²) in [5, 5.41) is 7.58. The Morgan fingerprint density at radius 3 is 2.74 bits per heavy atom. The molecule has 0 spiro atoms. The highest BCUT2D eigenvalue weighted by Crippen LogP contribution is 2.04. The van der Waals surface area contributed by atoms with Crippen LogP contribution in [0.25, 0.3) is 0 Å². The molecular formula is C14H18N4O. The lowest BCUT2D eigenvalue weighted by molar-refractivity contribution is 0.100. The summed E-state index contributed by atoms with van der Waals surface area (Å²) in [6.45, 7) is 3.69. The Morgan fingerprint density at radius 1 is 1.42 bits per heavy atom. The van der Waals surface area contributed by atoms with Crippen molar-refractivity contribution in [3.05, 3.63) is 53.9 Å². The van der Waals surface area contributed by atoms with Gasteiger partial charge in [0.25, 0.3) is 0 Å². The van der Waals surface area contributed by atoms with Gasteiger partial charge in [-0.1, -0.05) is 12.1 Å². The molecule has 19 heavy (non-hydrogen) atoms. The van der Waals surface area contributed by atoms with Gasteiger partial charge in [-0.15, -0.1) is 0 Å². The molecule has 0 saturated heterocycles. The lowest BCUT2D eigenvalue weighted by Gasteiger charge is -2.14. The van der Waals surface area contributed by atoms with Gasteiger partial charge in [0.15, 0.2) is 0 Å². The van der Waals surface area contributed by atoms with Crippen LogP contribution in [-0.2, 0) is 13.1 Å². The number of aromatic nitrogens is 2. The van der Waals surface area contributed by atoms with Crippen LogP contribution in [0.5, 0.6) is 0 Å². The summed E-state index contributed by atoms with van der Waals surface area (Å²) in [6.07, 6.45) is 3.72. The lowest BCUT2D eigenvalue weighted by Crippen LogP contribution is -2.30. The van der Waals surface area contributed by atoms with Crippen molar-refractivity contribution in [1.29, 1.82) is 0 Å². The molecule has 2 rings (SSSR count). The first-order valence-electron chi connectivity index (χ1n) is 6.24. The van der Waals surface area contributed by atoms with Crippen molar-refractivity contribution in [2.75, 3.05) is 0 Å². The van der Waals surface area contributed by atoms with Crippen LogP contribution in [0.2, 0.25) is 0 Å². The Labute approximate surface area is 112 Å². The number of rotatable bonds is 6. The molecule has 1 amide bonds. The fraction of sp³-hybridized carbons (Fsp3) is 0.286. The van der Waals surface area contributed by atoms with Gasteiger partial charge >= 0.3 is 0 Å². The summed E-state index contributed by atoms with van der Waals surface area (Å²) >= 11 is 0. The fourth-order valence-corrected chi connectivity index (χ4v) is 1.83. The number of carbonyl (C=O) groups excluding carboxylic acids is 1. The number of nitrogens with one attached hydrogen (secondary N) is 1. The standard InChI is InChI=1S/C14H18N4O/c1-11(10-18-8-2-7-17-18)16-9-12-3-5-13(6-4-12)14(15)19/h2-8,11,16H,9-10H2,1H3,(H2,15,19).